The summed E-state index contributed by atoms with van der Waals surface area (Å²) in [5.74, 6) is -0.0469. The van der Waals surface area contributed by atoms with Crippen LogP contribution in [-0.4, -0.2) is 27.9 Å². The van der Waals surface area contributed by atoms with E-state index in [4.69, 9.17) is 5.73 Å². The maximum atomic E-state index is 11.9. The number of carbonyl (C=O) groups excluding carboxylic acids is 2. The summed E-state index contributed by atoms with van der Waals surface area (Å²) >= 11 is 1.59. The number of thiazole rings is 1. The summed E-state index contributed by atoms with van der Waals surface area (Å²) < 4.78 is 1.99. The van der Waals surface area contributed by atoms with E-state index in [1.165, 1.54) is 0 Å². The zero-order chi connectivity index (χ0) is 17.6. The molecule has 8 heteroatoms. The molecule has 0 saturated heterocycles. The predicted octanol–water partition coefficient (Wildman–Crippen LogP) is 2.84. The van der Waals surface area contributed by atoms with Crippen LogP contribution in [0.2, 0.25) is 0 Å². The van der Waals surface area contributed by atoms with Gasteiger partial charge in [0.15, 0.2) is 4.96 Å². The van der Waals surface area contributed by atoms with Gasteiger partial charge in [-0.2, -0.15) is 0 Å². The Morgan fingerprint density at radius 2 is 2.00 bits per heavy atom. The van der Waals surface area contributed by atoms with Crippen LogP contribution in [0.4, 0.5) is 10.5 Å². The molecule has 0 radical (unpaired) electrons. The van der Waals surface area contributed by atoms with Crippen molar-refractivity contribution >= 4 is 33.9 Å². The summed E-state index contributed by atoms with van der Waals surface area (Å²) in [6.07, 6.45) is 5.77. The standard InChI is InChI=1S/C17H19N5O2S/c18-16(24)19-8-2-1-3-15(23)20-13-6-4-12(5-7-13)14-11-22-9-10-25-17(22)21-14/h4-7,9-11H,1-3,8H2,(H,20,23)(H3,18,19,24). The first kappa shape index (κ1) is 17.0. The number of hydrogen-bond donors (Lipinski definition) is 3. The van der Waals surface area contributed by atoms with Gasteiger partial charge in [-0.25, -0.2) is 9.78 Å². The highest BCUT2D eigenvalue weighted by Crippen LogP contribution is 2.23. The first-order valence-electron chi connectivity index (χ1n) is 7.97. The second kappa shape index (κ2) is 7.80. The molecule has 0 aliphatic rings. The number of rotatable bonds is 7. The fourth-order valence-electron chi connectivity index (χ4n) is 2.44. The summed E-state index contributed by atoms with van der Waals surface area (Å²) in [4.78, 5) is 28.0. The second-order valence-corrected chi connectivity index (χ2v) is 6.47. The summed E-state index contributed by atoms with van der Waals surface area (Å²) in [5.41, 5.74) is 7.64. The van der Waals surface area contributed by atoms with Gasteiger partial charge in [0, 0.05) is 42.0 Å². The van der Waals surface area contributed by atoms with E-state index in [2.05, 4.69) is 15.6 Å². The van der Waals surface area contributed by atoms with Crippen LogP contribution < -0.4 is 16.4 Å². The first-order chi connectivity index (χ1) is 12.1. The molecule has 3 amide bonds. The Hall–Kier alpha value is -2.87. The van der Waals surface area contributed by atoms with Crippen LogP contribution in [0, 0.1) is 0 Å². The highest BCUT2D eigenvalue weighted by Gasteiger charge is 2.06. The molecule has 0 aliphatic carbocycles. The molecule has 2 aromatic heterocycles. The minimum absolute atomic E-state index is 0.0469. The van der Waals surface area contributed by atoms with Crippen LogP contribution in [0.15, 0.2) is 42.0 Å². The number of amides is 3. The average molecular weight is 357 g/mol. The summed E-state index contributed by atoms with van der Waals surface area (Å²) in [7, 11) is 0. The van der Waals surface area contributed by atoms with Crippen LogP contribution in [-0.2, 0) is 4.79 Å². The lowest BCUT2D eigenvalue weighted by Gasteiger charge is -2.06. The Balaban J connectivity index is 1.49. The van der Waals surface area contributed by atoms with Crippen molar-refractivity contribution in [2.45, 2.75) is 19.3 Å². The van der Waals surface area contributed by atoms with Crippen molar-refractivity contribution in [2.75, 3.05) is 11.9 Å². The van der Waals surface area contributed by atoms with Crippen molar-refractivity contribution in [1.29, 1.82) is 0 Å². The highest BCUT2D eigenvalue weighted by atomic mass is 32.1. The predicted molar refractivity (Wildman–Crippen MR) is 98.6 cm³/mol. The van der Waals surface area contributed by atoms with E-state index in [9.17, 15) is 9.59 Å². The summed E-state index contributed by atoms with van der Waals surface area (Å²) in [5, 5.41) is 7.36. The number of benzene rings is 1. The van der Waals surface area contributed by atoms with Gasteiger partial charge in [-0.1, -0.05) is 12.1 Å². The monoisotopic (exact) mass is 357 g/mol. The summed E-state index contributed by atoms with van der Waals surface area (Å²) in [6, 6.07) is 7.09. The Morgan fingerprint density at radius 1 is 1.20 bits per heavy atom. The lowest BCUT2D eigenvalue weighted by Crippen LogP contribution is -2.30. The van der Waals surface area contributed by atoms with Crippen molar-refractivity contribution < 1.29 is 9.59 Å². The van der Waals surface area contributed by atoms with E-state index in [-0.39, 0.29) is 5.91 Å². The van der Waals surface area contributed by atoms with Crippen molar-refractivity contribution in [3.05, 3.63) is 42.0 Å². The molecule has 0 aliphatic heterocycles. The molecule has 25 heavy (non-hydrogen) atoms. The molecule has 0 atom stereocenters. The van der Waals surface area contributed by atoms with Crippen LogP contribution in [0.3, 0.4) is 0 Å². The minimum atomic E-state index is -0.540. The Kier molecular flexibility index (Phi) is 5.30. The number of unbranched alkanes of at least 4 members (excludes halogenated alkanes) is 1. The molecular weight excluding hydrogens is 338 g/mol. The molecular formula is C17H19N5O2S. The third kappa shape index (κ3) is 4.57. The number of aromatic nitrogens is 2. The lowest BCUT2D eigenvalue weighted by atomic mass is 10.1. The molecule has 4 N–H and O–H groups in total. The van der Waals surface area contributed by atoms with Gasteiger partial charge in [0.05, 0.1) is 5.69 Å². The van der Waals surface area contributed by atoms with E-state index < -0.39 is 6.03 Å². The van der Waals surface area contributed by atoms with E-state index in [0.717, 1.165) is 21.9 Å². The molecule has 0 fully saturated rings. The largest absolute Gasteiger partial charge is 0.352 e. The molecule has 3 aromatic rings. The van der Waals surface area contributed by atoms with Crippen LogP contribution in [0.5, 0.6) is 0 Å². The van der Waals surface area contributed by atoms with E-state index in [0.29, 0.717) is 25.8 Å². The third-order valence-electron chi connectivity index (χ3n) is 3.69. The lowest BCUT2D eigenvalue weighted by molar-refractivity contribution is -0.116. The van der Waals surface area contributed by atoms with Gasteiger partial charge in [-0.3, -0.25) is 9.20 Å². The number of carbonyl (C=O) groups is 2. The number of fused-ring (bicyclic) bond motifs is 1. The molecule has 0 unspecified atom stereocenters. The SMILES string of the molecule is NC(=O)NCCCCC(=O)Nc1ccc(-c2cn3ccsc3n2)cc1. The smallest absolute Gasteiger partial charge is 0.312 e. The van der Waals surface area contributed by atoms with Crippen molar-refractivity contribution in [3.8, 4) is 11.3 Å². The van der Waals surface area contributed by atoms with Gasteiger partial charge < -0.3 is 16.4 Å². The van der Waals surface area contributed by atoms with Crippen molar-refractivity contribution in [2.24, 2.45) is 5.73 Å². The maximum Gasteiger partial charge on any atom is 0.312 e. The van der Waals surface area contributed by atoms with E-state index >= 15 is 0 Å². The van der Waals surface area contributed by atoms with Crippen LogP contribution in [0.1, 0.15) is 19.3 Å². The highest BCUT2D eigenvalue weighted by molar-refractivity contribution is 7.15. The van der Waals surface area contributed by atoms with Gasteiger partial charge >= 0.3 is 6.03 Å². The third-order valence-corrected chi connectivity index (χ3v) is 4.46. The number of nitrogens with one attached hydrogen (secondary N) is 2. The van der Waals surface area contributed by atoms with Crippen LogP contribution >= 0.6 is 11.3 Å². The van der Waals surface area contributed by atoms with Crippen molar-refractivity contribution in [3.63, 3.8) is 0 Å². The van der Waals surface area contributed by atoms with Gasteiger partial charge in [-0.05, 0) is 25.0 Å². The Bertz CT molecular complexity index is 840. The number of anilines is 1. The van der Waals surface area contributed by atoms with E-state index in [1.807, 2.05) is 46.4 Å². The molecule has 130 valence electrons. The zero-order valence-electron chi connectivity index (χ0n) is 13.6. The first-order valence-corrected chi connectivity index (χ1v) is 8.85. The normalized spacial score (nSPS) is 10.7. The molecule has 0 spiro atoms. The molecule has 0 saturated carbocycles. The molecule has 1 aromatic carbocycles. The fourth-order valence-corrected chi connectivity index (χ4v) is 3.14. The summed E-state index contributed by atoms with van der Waals surface area (Å²) in [6.45, 7) is 0.486. The number of nitrogens with two attached hydrogens (primary N) is 1. The Morgan fingerprint density at radius 3 is 2.72 bits per heavy atom. The second-order valence-electron chi connectivity index (χ2n) is 5.59. The van der Waals surface area contributed by atoms with Crippen LogP contribution in [0.25, 0.3) is 16.2 Å². The minimum Gasteiger partial charge on any atom is -0.352 e. The zero-order valence-corrected chi connectivity index (χ0v) is 14.4. The van der Waals surface area contributed by atoms with Gasteiger partial charge in [0.25, 0.3) is 0 Å². The number of hydrogen-bond acceptors (Lipinski definition) is 4. The number of nitrogens with zero attached hydrogens (tertiary/aromatic N) is 2. The van der Waals surface area contributed by atoms with Gasteiger partial charge in [-0.15, -0.1) is 11.3 Å². The quantitative estimate of drug-likeness (QED) is 0.567. The molecule has 2 heterocycles. The number of imidazole rings is 1. The number of urea groups is 1. The Labute approximate surface area is 148 Å². The maximum absolute atomic E-state index is 11.9. The number of primary amides is 1. The van der Waals surface area contributed by atoms with Gasteiger partial charge in [0.2, 0.25) is 5.91 Å². The fraction of sp³-hybridized carbons (Fsp3) is 0.235. The van der Waals surface area contributed by atoms with E-state index in [1.54, 1.807) is 11.3 Å². The average Bonchev–Trinajstić information content (AvgIpc) is 3.16. The molecule has 7 nitrogen and oxygen atoms in total. The molecule has 3 rings (SSSR count). The van der Waals surface area contributed by atoms with Gasteiger partial charge in [0.1, 0.15) is 0 Å². The van der Waals surface area contributed by atoms with Crippen molar-refractivity contribution in [1.82, 2.24) is 14.7 Å². The topological polar surface area (TPSA) is 102 Å². The molecule has 0 bridgehead atoms.